The maximum Gasteiger partial charge on any atom is 0.237 e. The second kappa shape index (κ2) is 6.23. The van der Waals surface area contributed by atoms with E-state index in [-0.39, 0.29) is 5.91 Å². The standard InChI is InChI=1S/C15H31N3O/c1-6-17-15(5,13(16)19)11-12(2)18-9-7-14(3,4)8-10-18/h12,17H,6-11H2,1-5H3,(H2,16,19). The summed E-state index contributed by atoms with van der Waals surface area (Å²) in [6, 6.07) is 0.382. The predicted molar refractivity (Wildman–Crippen MR) is 79.9 cm³/mol. The molecule has 1 aliphatic heterocycles. The Labute approximate surface area is 118 Å². The molecule has 1 rings (SSSR count). The molecule has 0 aromatic heterocycles. The first-order chi connectivity index (χ1) is 8.70. The summed E-state index contributed by atoms with van der Waals surface area (Å²) in [6.45, 7) is 13.8. The largest absolute Gasteiger partial charge is 0.368 e. The van der Waals surface area contributed by atoms with E-state index in [1.165, 1.54) is 12.8 Å². The first-order valence-electron chi connectivity index (χ1n) is 7.49. The fourth-order valence-corrected chi connectivity index (χ4v) is 2.94. The molecule has 0 aliphatic carbocycles. The molecule has 4 heteroatoms. The zero-order valence-corrected chi connectivity index (χ0v) is 13.3. The normalized spacial score (nSPS) is 24.7. The molecule has 3 N–H and O–H groups in total. The number of rotatable bonds is 6. The molecule has 4 nitrogen and oxygen atoms in total. The molecule has 1 fully saturated rings. The Balaban J connectivity index is 2.58. The molecule has 1 aliphatic rings. The van der Waals surface area contributed by atoms with Gasteiger partial charge in [0.1, 0.15) is 0 Å². The Morgan fingerprint density at radius 1 is 1.42 bits per heavy atom. The molecule has 0 aromatic rings. The SMILES string of the molecule is CCNC(C)(CC(C)N1CCC(C)(C)CC1)C(N)=O. The lowest BCUT2D eigenvalue weighted by molar-refractivity contribution is -0.124. The number of carbonyl (C=O) groups is 1. The third-order valence-electron chi connectivity index (χ3n) is 4.59. The van der Waals surface area contributed by atoms with Crippen molar-refractivity contribution in [1.29, 1.82) is 0 Å². The summed E-state index contributed by atoms with van der Waals surface area (Å²) < 4.78 is 0. The van der Waals surface area contributed by atoms with E-state index in [9.17, 15) is 4.79 Å². The maximum absolute atomic E-state index is 11.7. The van der Waals surface area contributed by atoms with Gasteiger partial charge >= 0.3 is 0 Å². The molecular weight excluding hydrogens is 238 g/mol. The summed E-state index contributed by atoms with van der Waals surface area (Å²) in [4.78, 5) is 14.2. The van der Waals surface area contributed by atoms with Crippen molar-refractivity contribution >= 4 is 5.91 Å². The third kappa shape index (κ3) is 4.46. The van der Waals surface area contributed by atoms with Crippen molar-refractivity contribution in [3.63, 3.8) is 0 Å². The van der Waals surface area contributed by atoms with Crippen LogP contribution in [0.15, 0.2) is 0 Å². The molecule has 1 amide bonds. The van der Waals surface area contributed by atoms with Gasteiger partial charge in [-0.25, -0.2) is 0 Å². The van der Waals surface area contributed by atoms with E-state index in [0.29, 0.717) is 11.5 Å². The van der Waals surface area contributed by atoms with Crippen LogP contribution < -0.4 is 11.1 Å². The average Bonchev–Trinajstić information content (AvgIpc) is 2.28. The van der Waals surface area contributed by atoms with E-state index in [1.54, 1.807) is 0 Å². The monoisotopic (exact) mass is 269 g/mol. The highest BCUT2D eigenvalue weighted by atomic mass is 16.1. The topological polar surface area (TPSA) is 58.4 Å². The quantitative estimate of drug-likeness (QED) is 0.772. The van der Waals surface area contributed by atoms with Gasteiger partial charge in [0, 0.05) is 6.04 Å². The minimum absolute atomic E-state index is 0.251. The van der Waals surface area contributed by atoms with Crippen LogP contribution in [-0.2, 0) is 4.79 Å². The van der Waals surface area contributed by atoms with Gasteiger partial charge in [-0.3, -0.25) is 4.79 Å². The second-order valence-corrected chi connectivity index (χ2v) is 6.98. The summed E-state index contributed by atoms with van der Waals surface area (Å²) >= 11 is 0. The van der Waals surface area contributed by atoms with Crippen molar-refractivity contribution in [1.82, 2.24) is 10.2 Å². The van der Waals surface area contributed by atoms with Crippen LogP contribution >= 0.6 is 0 Å². The summed E-state index contributed by atoms with van der Waals surface area (Å²) in [7, 11) is 0. The number of hydrogen-bond donors (Lipinski definition) is 2. The Kier molecular flexibility index (Phi) is 5.39. The Morgan fingerprint density at radius 2 is 1.95 bits per heavy atom. The molecule has 112 valence electrons. The number of nitrogens with two attached hydrogens (primary N) is 1. The van der Waals surface area contributed by atoms with Gasteiger partial charge in [0.05, 0.1) is 5.54 Å². The number of amides is 1. The van der Waals surface area contributed by atoms with Crippen molar-refractivity contribution in [2.24, 2.45) is 11.1 Å². The number of carbonyl (C=O) groups excluding carboxylic acids is 1. The van der Waals surface area contributed by atoms with Crippen LogP contribution in [-0.4, -0.2) is 42.0 Å². The van der Waals surface area contributed by atoms with Crippen molar-refractivity contribution < 1.29 is 4.79 Å². The van der Waals surface area contributed by atoms with Crippen molar-refractivity contribution in [3.05, 3.63) is 0 Å². The van der Waals surface area contributed by atoms with Gasteiger partial charge in [-0.1, -0.05) is 20.8 Å². The van der Waals surface area contributed by atoms with Crippen LogP contribution in [0.1, 0.15) is 53.9 Å². The molecule has 0 radical (unpaired) electrons. The van der Waals surface area contributed by atoms with Crippen LogP contribution in [0.2, 0.25) is 0 Å². The number of likely N-dealkylation sites (tertiary alicyclic amines) is 1. The lowest BCUT2D eigenvalue weighted by Gasteiger charge is -2.42. The van der Waals surface area contributed by atoms with Crippen LogP contribution in [0, 0.1) is 5.41 Å². The zero-order chi connectivity index (χ0) is 14.7. The highest BCUT2D eigenvalue weighted by molar-refractivity contribution is 5.84. The lowest BCUT2D eigenvalue weighted by Crippen LogP contribution is -2.57. The lowest BCUT2D eigenvalue weighted by atomic mass is 9.81. The molecule has 0 aromatic carbocycles. The molecule has 1 heterocycles. The van der Waals surface area contributed by atoms with Crippen molar-refractivity contribution in [2.45, 2.75) is 65.5 Å². The molecule has 0 bridgehead atoms. The first kappa shape index (κ1) is 16.4. The van der Waals surface area contributed by atoms with E-state index in [4.69, 9.17) is 5.73 Å². The van der Waals surface area contributed by atoms with Gasteiger partial charge in [-0.2, -0.15) is 0 Å². The fraction of sp³-hybridized carbons (Fsp3) is 0.933. The van der Waals surface area contributed by atoms with E-state index in [1.807, 2.05) is 13.8 Å². The summed E-state index contributed by atoms with van der Waals surface area (Å²) in [5, 5.41) is 3.24. The maximum atomic E-state index is 11.7. The van der Waals surface area contributed by atoms with Crippen LogP contribution in [0.3, 0.4) is 0 Å². The van der Waals surface area contributed by atoms with Crippen LogP contribution in [0.25, 0.3) is 0 Å². The average molecular weight is 269 g/mol. The highest BCUT2D eigenvalue weighted by Gasteiger charge is 2.35. The van der Waals surface area contributed by atoms with E-state index in [0.717, 1.165) is 26.1 Å². The predicted octanol–water partition coefficient (Wildman–Crippen LogP) is 1.74. The highest BCUT2D eigenvalue weighted by Crippen LogP contribution is 2.31. The number of nitrogens with one attached hydrogen (secondary N) is 1. The van der Waals surface area contributed by atoms with Crippen molar-refractivity contribution in [2.75, 3.05) is 19.6 Å². The first-order valence-corrected chi connectivity index (χ1v) is 7.49. The molecular formula is C15H31N3O. The number of nitrogens with zero attached hydrogens (tertiary/aromatic N) is 1. The smallest absolute Gasteiger partial charge is 0.237 e. The number of piperidine rings is 1. The van der Waals surface area contributed by atoms with Crippen molar-refractivity contribution in [3.8, 4) is 0 Å². The molecule has 0 spiro atoms. The van der Waals surface area contributed by atoms with Gasteiger partial charge in [-0.15, -0.1) is 0 Å². The van der Waals surface area contributed by atoms with Crippen LogP contribution in [0.4, 0.5) is 0 Å². The Hall–Kier alpha value is -0.610. The third-order valence-corrected chi connectivity index (χ3v) is 4.59. The number of likely N-dealkylation sites (N-methyl/N-ethyl adjacent to an activating group) is 1. The van der Waals surface area contributed by atoms with Crippen LogP contribution in [0.5, 0.6) is 0 Å². The summed E-state index contributed by atoms with van der Waals surface area (Å²) in [5.41, 5.74) is 5.43. The summed E-state index contributed by atoms with van der Waals surface area (Å²) in [6.07, 6.45) is 3.23. The minimum atomic E-state index is -0.596. The van der Waals surface area contributed by atoms with Gasteiger partial charge < -0.3 is 16.0 Å². The molecule has 2 unspecified atom stereocenters. The zero-order valence-electron chi connectivity index (χ0n) is 13.3. The van der Waals surface area contributed by atoms with Gasteiger partial charge in [0.15, 0.2) is 0 Å². The van der Waals surface area contributed by atoms with Gasteiger partial charge in [0.2, 0.25) is 5.91 Å². The minimum Gasteiger partial charge on any atom is -0.368 e. The Morgan fingerprint density at radius 3 is 2.37 bits per heavy atom. The number of hydrogen-bond acceptors (Lipinski definition) is 3. The second-order valence-electron chi connectivity index (χ2n) is 6.98. The van der Waals surface area contributed by atoms with E-state index in [2.05, 4.69) is 31.0 Å². The summed E-state index contributed by atoms with van der Waals surface area (Å²) in [5.74, 6) is -0.251. The van der Waals surface area contributed by atoms with Gasteiger partial charge in [0.25, 0.3) is 0 Å². The van der Waals surface area contributed by atoms with E-state index < -0.39 is 5.54 Å². The van der Waals surface area contributed by atoms with Gasteiger partial charge in [-0.05, 0) is 58.2 Å². The Bertz CT molecular complexity index is 307. The molecule has 2 atom stereocenters. The molecule has 0 saturated carbocycles. The fourth-order valence-electron chi connectivity index (χ4n) is 2.94. The molecule has 1 saturated heterocycles. The number of primary amides is 1. The molecule has 19 heavy (non-hydrogen) atoms. The van der Waals surface area contributed by atoms with E-state index >= 15 is 0 Å².